The molecule has 0 bridgehead atoms. The summed E-state index contributed by atoms with van der Waals surface area (Å²) in [6.45, 7) is 0. The third kappa shape index (κ3) is 2.69. The lowest BCUT2D eigenvalue weighted by Gasteiger charge is -2.11. The number of carbonyl (C=O) groups is 1. The normalized spacial score (nSPS) is 10.5. The Hall–Kier alpha value is -2.52. The van der Waals surface area contributed by atoms with Crippen molar-refractivity contribution in [2.75, 3.05) is 0 Å². The van der Waals surface area contributed by atoms with Gasteiger partial charge in [0, 0.05) is 16.5 Å². The van der Waals surface area contributed by atoms with Gasteiger partial charge < -0.3 is 9.84 Å². The Morgan fingerprint density at radius 3 is 2.52 bits per heavy atom. The molecule has 0 radical (unpaired) electrons. The highest BCUT2D eigenvalue weighted by Crippen LogP contribution is 2.33. The van der Waals surface area contributed by atoms with E-state index < -0.39 is 5.97 Å². The first-order valence-corrected chi connectivity index (χ1v) is 6.71. The van der Waals surface area contributed by atoms with Crippen LogP contribution in [-0.4, -0.2) is 11.1 Å². The maximum absolute atomic E-state index is 11.3. The summed E-state index contributed by atoms with van der Waals surface area (Å²) in [6.07, 6.45) is 0. The van der Waals surface area contributed by atoms with E-state index in [-0.39, 0.29) is 11.3 Å². The van der Waals surface area contributed by atoms with Gasteiger partial charge in [-0.15, -0.1) is 0 Å². The number of hydrogen-bond donors (Lipinski definition) is 1. The molecule has 0 aliphatic rings. The average molecular weight is 299 g/mol. The molecule has 0 fully saturated rings. The van der Waals surface area contributed by atoms with Gasteiger partial charge in [-0.3, -0.25) is 0 Å². The second kappa shape index (κ2) is 5.46. The van der Waals surface area contributed by atoms with Crippen LogP contribution in [0.15, 0.2) is 60.7 Å². The predicted octanol–water partition coefficient (Wildman–Crippen LogP) is 4.98. The van der Waals surface area contributed by atoms with Crippen molar-refractivity contribution in [3.63, 3.8) is 0 Å². The fraction of sp³-hybridized carbons (Fsp3) is 0. The van der Waals surface area contributed by atoms with E-state index in [1.54, 1.807) is 6.07 Å². The average Bonchev–Trinajstić information content (AvgIpc) is 2.47. The second-order valence-corrected chi connectivity index (χ2v) is 4.96. The molecule has 0 saturated heterocycles. The lowest BCUT2D eigenvalue weighted by atomic mass is 10.1. The van der Waals surface area contributed by atoms with Crippen molar-refractivity contribution >= 4 is 28.3 Å². The summed E-state index contributed by atoms with van der Waals surface area (Å²) >= 11 is 5.93. The third-order valence-corrected chi connectivity index (χ3v) is 3.38. The zero-order chi connectivity index (χ0) is 14.8. The molecule has 3 rings (SSSR count). The van der Waals surface area contributed by atoms with Gasteiger partial charge in [0.05, 0.1) is 0 Å². The van der Waals surface area contributed by atoms with Crippen molar-refractivity contribution in [2.45, 2.75) is 0 Å². The Morgan fingerprint density at radius 1 is 0.952 bits per heavy atom. The van der Waals surface area contributed by atoms with Gasteiger partial charge in [-0.05, 0) is 23.6 Å². The molecule has 0 aliphatic carbocycles. The largest absolute Gasteiger partial charge is 0.478 e. The van der Waals surface area contributed by atoms with Gasteiger partial charge in [-0.25, -0.2) is 4.79 Å². The van der Waals surface area contributed by atoms with Gasteiger partial charge in [0.25, 0.3) is 0 Å². The maximum Gasteiger partial charge on any atom is 0.339 e. The van der Waals surface area contributed by atoms with Crippen molar-refractivity contribution in [1.82, 2.24) is 0 Å². The number of carboxylic acid groups (broad SMARTS) is 1. The topological polar surface area (TPSA) is 46.5 Å². The predicted molar refractivity (Wildman–Crippen MR) is 82.4 cm³/mol. The smallest absolute Gasteiger partial charge is 0.339 e. The van der Waals surface area contributed by atoms with Crippen LogP contribution in [0.3, 0.4) is 0 Å². The monoisotopic (exact) mass is 298 g/mol. The van der Waals surface area contributed by atoms with Crippen LogP contribution in [0.5, 0.6) is 11.5 Å². The number of halogens is 1. The quantitative estimate of drug-likeness (QED) is 0.741. The van der Waals surface area contributed by atoms with E-state index in [1.165, 1.54) is 18.2 Å². The number of hydrogen-bond acceptors (Lipinski definition) is 2. The summed E-state index contributed by atoms with van der Waals surface area (Å²) in [6, 6.07) is 17.8. The van der Waals surface area contributed by atoms with Crippen LogP contribution >= 0.6 is 11.6 Å². The maximum atomic E-state index is 11.3. The molecule has 4 heteroatoms. The van der Waals surface area contributed by atoms with Crippen molar-refractivity contribution < 1.29 is 14.6 Å². The van der Waals surface area contributed by atoms with Gasteiger partial charge in [-0.1, -0.05) is 48.0 Å². The molecule has 1 N–H and O–H groups in total. The Kier molecular flexibility index (Phi) is 3.50. The van der Waals surface area contributed by atoms with Crippen LogP contribution in [0.1, 0.15) is 10.4 Å². The van der Waals surface area contributed by atoms with Gasteiger partial charge in [0.2, 0.25) is 0 Å². The van der Waals surface area contributed by atoms with Crippen LogP contribution in [0.4, 0.5) is 0 Å². The minimum Gasteiger partial charge on any atom is -0.478 e. The highest BCUT2D eigenvalue weighted by molar-refractivity contribution is 6.30. The van der Waals surface area contributed by atoms with Gasteiger partial charge >= 0.3 is 5.97 Å². The number of benzene rings is 3. The van der Waals surface area contributed by atoms with Crippen molar-refractivity contribution in [3.8, 4) is 11.5 Å². The van der Waals surface area contributed by atoms with Gasteiger partial charge in [-0.2, -0.15) is 0 Å². The van der Waals surface area contributed by atoms with Crippen LogP contribution in [0.25, 0.3) is 10.8 Å². The SMILES string of the molecule is O=C(O)c1ccc(Cl)cc1Oc1cccc2ccccc12. The number of aromatic carboxylic acids is 1. The van der Waals surface area contributed by atoms with E-state index in [0.29, 0.717) is 10.8 Å². The standard InChI is InChI=1S/C17H11ClO3/c18-12-8-9-14(17(19)20)16(10-12)21-15-7-3-5-11-4-1-2-6-13(11)15/h1-10H,(H,19,20). The molecule has 0 unspecified atom stereocenters. The minimum absolute atomic E-state index is 0.0762. The van der Waals surface area contributed by atoms with Crippen LogP contribution in [0.2, 0.25) is 5.02 Å². The summed E-state index contributed by atoms with van der Waals surface area (Å²) in [7, 11) is 0. The molecule has 3 aromatic carbocycles. The van der Waals surface area contributed by atoms with E-state index in [1.807, 2.05) is 36.4 Å². The van der Waals surface area contributed by atoms with Crippen molar-refractivity contribution in [1.29, 1.82) is 0 Å². The number of rotatable bonds is 3. The van der Waals surface area contributed by atoms with E-state index in [2.05, 4.69) is 0 Å². The molecular weight excluding hydrogens is 288 g/mol. The Labute approximate surface area is 126 Å². The van der Waals surface area contributed by atoms with Crippen molar-refractivity contribution in [2.24, 2.45) is 0 Å². The van der Waals surface area contributed by atoms with E-state index in [0.717, 1.165) is 10.8 Å². The van der Waals surface area contributed by atoms with E-state index >= 15 is 0 Å². The van der Waals surface area contributed by atoms with Gasteiger partial charge in [0.1, 0.15) is 17.1 Å². The van der Waals surface area contributed by atoms with Crippen LogP contribution in [-0.2, 0) is 0 Å². The summed E-state index contributed by atoms with van der Waals surface area (Å²) < 4.78 is 5.80. The zero-order valence-corrected chi connectivity index (χ0v) is 11.7. The molecule has 0 saturated carbocycles. The molecule has 0 spiro atoms. The Bertz CT molecular complexity index is 822. The highest BCUT2D eigenvalue weighted by Gasteiger charge is 2.13. The van der Waals surface area contributed by atoms with Crippen LogP contribution in [0, 0.1) is 0 Å². The van der Waals surface area contributed by atoms with Crippen molar-refractivity contribution in [3.05, 3.63) is 71.2 Å². The first-order chi connectivity index (χ1) is 10.1. The fourth-order valence-electron chi connectivity index (χ4n) is 2.16. The zero-order valence-electron chi connectivity index (χ0n) is 10.9. The lowest BCUT2D eigenvalue weighted by molar-refractivity contribution is 0.0694. The number of ether oxygens (including phenoxy) is 1. The highest BCUT2D eigenvalue weighted by atomic mass is 35.5. The second-order valence-electron chi connectivity index (χ2n) is 4.52. The first kappa shape index (κ1) is 13.5. The third-order valence-electron chi connectivity index (χ3n) is 3.14. The summed E-state index contributed by atoms with van der Waals surface area (Å²) in [5.74, 6) is -0.230. The molecule has 0 aliphatic heterocycles. The number of fused-ring (bicyclic) bond motifs is 1. The summed E-state index contributed by atoms with van der Waals surface area (Å²) in [4.78, 5) is 11.3. The molecule has 0 heterocycles. The van der Waals surface area contributed by atoms with Crippen LogP contribution < -0.4 is 4.74 Å². The molecular formula is C17H11ClO3. The first-order valence-electron chi connectivity index (χ1n) is 6.33. The molecule has 21 heavy (non-hydrogen) atoms. The lowest BCUT2D eigenvalue weighted by Crippen LogP contribution is -2.00. The Balaban J connectivity index is 2.11. The van der Waals surface area contributed by atoms with E-state index in [9.17, 15) is 9.90 Å². The fourth-order valence-corrected chi connectivity index (χ4v) is 2.32. The molecule has 3 nitrogen and oxygen atoms in total. The molecule has 3 aromatic rings. The minimum atomic E-state index is -1.05. The molecule has 0 atom stereocenters. The van der Waals surface area contributed by atoms with Gasteiger partial charge in [0.15, 0.2) is 0 Å². The summed E-state index contributed by atoms with van der Waals surface area (Å²) in [5, 5.41) is 11.6. The molecule has 0 aromatic heterocycles. The molecule has 0 amide bonds. The molecule has 104 valence electrons. The Morgan fingerprint density at radius 2 is 1.71 bits per heavy atom. The van der Waals surface area contributed by atoms with E-state index in [4.69, 9.17) is 16.3 Å². The summed E-state index contributed by atoms with van der Waals surface area (Å²) in [5.41, 5.74) is 0.0762. The number of carboxylic acids is 1.